The number of para-hydroxylation sites is 1. The Bertz CT molecular complexity index is 1150. The van der Waals surface area contributed by atoms with Gasteiger partial charge in [-0.15, -0.1) is 0 Å². The predicted octanol–water partition coefficient (Wildman–Crippen LogP) is 12.9. The lowest BCUT2D eigenvalue weighted by Crippen LogP contribution is -2.51. The molecule has 5 rings (SSSR count). The molecule has 258 valence electrons. The zero-order valence-corrected chi connectivity index (χ0v) is 30.6. The number of benzene rings is 1. The van der Waals surface area contributed by atoms with Crippen molar-refractivity contribution in [2.75, 3.05) is 0 Å². The third-order valence-corrected chi connectivity index (χ3v) is 13.7. The van der Waals surface area contributed by atoms with Crippen molar-refractivity contribution >= 4 is 6.16 Å². The van der Waals surface area contributed by atoms with Crippen LogP contribution in [0, 0.1) is 46.3 Å². The van der Waals surface area contributed by atoms with E-state index in [1.807, 2.05) is 18.2 Å². The first-order valence-electron chi connectivity index (χ1n) is 19.8. The van der Waals surface area contributed by atoms with E-state index in [0.717, 1.165) is 73.2 Å². The van der Waals surface area contributed by atoms with E-state index in [9.17, 15) is 4.79 Å². The summed E-state index contributed by atoms with van der Waals surface area (Å²) in [6, 6.07) is 8.04. The van der Waals surface area contributed by atoms with Crippen molar-refractivity contribution in [3.05, 3.63) is 41.5 Å². The Morgan fingerprint density at radius 2 is 1.63 bits per heavy atom. The molecule has 4 aliphatic carbocycles. The van der Waals surface area contributed by atoms with Crippen LogP contribution in [0.4, 0.5) is 4.79 Å². The number of hydrogen-bond donors (Lipinski definition) is 0. The van der Waals surface area contributed by atoms with Crippen LogP contribution >= 0.6 is 0 Å². The second-order valence-corrected chi connectivity index (χ2v) is 17.1. The fourth-order valence-electron chi connectivity index (χ4n) is 11.1. The molecule has 1 aromatic carbocycles. The minimum atomic E-state index is -0.525. The number of rotatable bonds is 15. The first-order chi connectivity index (χ1) is 22.2. The van der Waals surface area contributed by atoms with Gasteiger partial charge in [0.25, 0.3) is 0 Å². The van der Waals surface area contributed by atoms with E-state index in [4.69, 9.17) is 9.47 Å². The van der Waals surface area contributed by atoms with Gasteiger partial charge >= 0.3 is 6.16 Å². The summed E-state index contributed by atoms with van der Waals surface area (Å²) in [5, 5.41) is 0. The first-order valence-corrected chi connectivity index (χ1v) is 19.8. The normalized spacial score (nSPS) is 32.7. The highest BCUT2D eigenvalue weighted by Gasteiger charge is 2.59. The van der Waals surface area contributed by atoms with E-state index >= 15 is 0 Å². The van der Waals surface area contributed by atoms with Crippen molar-refractivity contribution in [2.45, 2.75) is 170 Å². The lowest BCUT2D eigenvalue weighted by Gasteiger charge is -2.58. The van der Waals surface area contributed by atoms with Gasteiger partial charge in [-0.05, 0) is 116 Å². The van der Waals surface area contributed by atoms with E-state index in [1.54, 1.807) is 5.57 Å². The zero-order valence-electron chi connectivity index (χ0n) is 30.6. The summed E-state index contributed by atoms with van der Waals surface area (Å²) in [6.45, 7) is 14.8. The molecule has 0 heterocycles. The smallest absolute Gasteiger partial charge is 0.430 e. The lowest BCUT2D eigenvalue weighted by atomic mass is 9.47. The van der Waals surface area contributed by atoms with Crippen LogP contribution in [-0.2, 0) is 11.2 Å². The Morgan fingerprint density at radius 1 is 0.870 bits per heavy atom. The summed E-state index contributed by atoms with van der Waals surface area (Å²) in [5.74, 6) is 5.75. The van der Waals surface area contributed by atoms with Gasteiger partial charge in [-0.2, -0.15) is 0 Å². The topological polar surface area (TPSA) is 35.5 Å². The van der Waals surface area contributed by atoms with Gasteiger partial charge in [0.15, 0.2) is 0 Å². The van der Waals surface area contributed by atoms with Crippen molar-refractivity contribution in [1.82, 2.24) is 0 Å². The van der Waals surface area contributed by atoms with Gasteiger partial charge in [-0.3, -0.25) is 0 Å². The van der Waals surface area contributed by atoms with Gasteiger partial charge in [0, 0.05) is 6.42 Å². The monoisotopic (exact) mass is 633 g/mol. The molecular formula is C43H68O3. The summed E-state index contributed by atoms with van der Waals surface area (Å²) in [7, 11) is 0. The maximum atomic E-state index is 13.1. The second kappa shape index (κ2) is 16.1. The third kappa shape index (κ3) is 8.08. The van der Waals surface area contributed by atoms with Crippen LogP contribution in [-0.4, -0.2) is 12.3 Å². The molecule has 3 nitrogen and oxygen atoms in total. The van der Waals surface area contributed by atoms with Gasteiger partial charge in [0.05, 0.1) is 0 Å². The molecule has 0 radical (unpaired) electrons. The Hall–Kier alpha value is -1.77. The quantitative estimate of drug-likeness (QED) is 0.0835. The van der Waals surface area contributed by atoms with Crippen molar-refractivity contribution in [2.24, 2.45) is 46.3 Å². The number of unbranched alkanes of at least 4 members (excludes halogenated alkanes) is 6. The second-order valence-electron chi connectivity index (χ2n) is 17.1. The summed E-state index contributed by atoms with van der Waals surface area (Å²) >= 11 is 0. The zero-order chi connectivity index (χ0) is 32.7. The maximum absolute atomic E-state index is 13.1. The van der Waals surface area contributed by atoms with Crippen molar-refractivity contribution in [3.8, 4) is 5.75 Å². The van der Waals surface area contributed by atoms with Gasteiger partial charge < -0.3 is 9.47 Å². The van der Waals surface area contributed by atoms with Crippen LogP contribution in [0.1, 0.15) is 163 Å². The summed E-state index contributed by atoms with van der Waals surface area (Å²) < 4.78 is 11.9. The summed E-state index contributed by atoms with van der Waals surface area (Å²) in [6.07, 6.45) is 26.0. The summed E-state index contributed by atoms with van der Waals surface area (Å²) in [5.41, 5.74) is 3.47. The number of ether oxygens (including phenoxy) is 2. The average Bonchev–Trinajstić information content (AvgIpc) is 3.38. The maximum Gasteiger partial charge on any atom is 0.514 e. The molecule has 3 saturated carbocycles. The molecule has 0 aromatic heterocycles. The Labute approximate surface area is 283 Å². The van der Waals surface area contributed by atoms with Crippen molar-refractivity contribution < 1.29 is 14.3 Å². The lowest BCUT2D eigenvalue weighted by molar-refractivity contribution is -0.0597. The SMILES string of the molecule is CCCCCCCCCc1ccccc1OC(=O)OC1CC[C@@]2(C)C(=CCC3C2CC[C@@]2(C)C3CC[C@@H]2[C@H](C)CCCC(C)C)C1. The van der Waals surface area contributed by atoms with Crippen LogP contribution < -0.4 is 4.74 Å². The number of fused-ring (bicyclic) bond motifs is 5. The highest BCUT2D eigenvalue weighted by atomic mass is 16.7. The van der Waals surface area contributed by atoms with Gasteiger partial charge in [-0.1, -0.05) is 129 Å². The first kappa shape index (κ1) is 35.5. The van der Waals surface area contributed by atoms with Crippen LogP contribution in [0.2, 0.25) is 0 Å². The average molecular weight is 633 g/mol. The van der Waals surface area contributed by atoms with Crippen molar-refractivity contribution in [3.63, 3.8) is 0 Å². The Kier molecular flexibility index (Phi) is 12.4. The largest absolute Gasteiger partial charge is 0.514 e. The van der Waals surface area contributed by atoms with E-state index < -0.39 is 6.16 Å². The third-order valence-electron chi connectivity index (χ3n) is 13.7. The van der Waals surface area contributed by atoms with Gasteiger partial charge in [-0.25, -0.2) is 4.79 Å². The van der Waals surface area contributed by atoms with Crippen molar-refractivity contribution in [1.29, 1.82) is 0 Å². The predicted molar refractivity (Wildman–Crippen MR) is 192 cm³/mol. The van der Waals surface area contributed by atoms with Gasteiger partial charge in [0.1, 0.15) is 11.9 Å². The van der Waals surface area contributed by atoms with E-state index in [1.165, 1.54) is 89.9 Å². The molecule has 0 spiro atoms. The van der Waals surface area contributed by atoms with E-state index in [2.05, 4.69) is 53.7 Å². The fourth-order valence-corrected chi connectivity index (χ4v) is 11.1. The Morgan fingerprint density at radius 3 is 2.41 bits per heavy atom. The van der Waals surface area contributed by atoms with E-state index in [-0.39, 0.29) is 11.5 Å². The molecule has 0 N–H and O–H groups in total. The van der Waals surface area contributed by atoms with Crippen LogP contribution in [0.3, 0.4) is 0 Å². The van der Waals surface area contributed by atoms with Crippen LogP contribution in [0.5, 0.6) is 5.75 Å². The minimum Gasteiger partial charge on any atom is -0.430 e. The molecule has 4 unspecified atom stereocenters. The highest BCUT2D eigenvalue weighted by molar-refractivity contribution is 5.65. The molecular weight excluding hydrogens is 564 g/mol. The molecule has 4 aliphatic rings. The number of carbonyl (C=O) groups is 1. The highest BCUT2D eigenvalue weighted by Crippen LogP contribution is 2.67. The molecule has 0 bridgehead atoms. The van der Waals surface area contributed by atoms with E-state index in [0.29, 0.717) is 11.2 Å². The molecule has 1 aromatic rings. The molecule has 3 fully saturated rings. The number of hydrogen-bond acceptors (Lipinski definition) is 3. The minimum absolute atomic E-state index is 0.0740. The molecule has 0 amide bonds. The number of allylic oxidation sites excluding steroid dienone is 1. The summed E-state index contributed by atoms with van der Waals surface area (Å²) in [4.78, 5) is 13.1. The molecule has 8 atom stereocenters. The molecule has 46 heavy (non-hydrogen) atoms. The van der Waals surface area contributed by atoms with Crippen LogP contribution in [0.15, 0.2) is 35.9 Å². The molecule has 0 saturated heterocycles. The van der Waals surface area contributed by atoms with Gasteiger partial charge in [0.2, 0.25) is 0 Å². The van der Waals surface area contributed by atoms with Crippen LogP contribution in [0.25, 0.3) is 0 Å². The Balaban J connectivity index is 1.14. The fraction of sp³-hybridized carbons (Fsp3) is 0.791. The standard InChI is InChI=1S/C43H68O3/c1-7-8-9-10-11-12-13-19-33-20-14-15-21-40(33)46-41(44)45-35-26-28-42(5)34(30-35)22-23-36-38-25-24-37(32(4)18-16-17-31(2)3)43(38,6)29-27-39(36)42/h14-15,20-22,31-32,35-39H,7-13,16-19,23-30H2,1-6H3/t32-,35?,36?,37-,38?,39?,42+,43-/m1/s1. The molecule has 0 aliphatic heterocycles. The number of aryl methyl sites for hydroxylation is 1. The molecule has 3 heteroatoms. The number of carbonyl (C=O) groups excluding carboxylic acids is 1.